The Morgan fingerprint density at radius 1 is 1.43 bits per heavy atom. The highest BCUT2D eigenvalue weighted by atomic mass is 32.2. The number of aromatic amines is 1. The number of hydrogen-bond acceptors (Lipinski definition) is 4. The van der Waals surface area contributed by atoms with Crippen LogP contribution in [0.2, 0.25) is 0 Å². The van der Waals surface area contributed by atoms with Gasteiger partial charge < -0.3 is 15.2 Å². The Balaban J connectivity index is 2.07. The summed E-state index contributed by atoms with van der Waals surface area (Å²) in [5.74, 6) is 0.960. The molecule has 1 saturated heterocycles. The highest BCUT2D eigenvalue weighted by molar-refractivity contribution is 7.99. The molecule has 0 aromatic carbocycles. The highest BCUT2D eigenvalue weighted by Gasteiger charge is 2.35. The van der Waals surface area contributed by atoms with E-state index in [0.29, 0.717) is 29.8 Å². The molecule has 2 amide bonds. The molecule has 2 rings (SSSR count). The van der Waals surface area contributed by atoms with Gasteiger partial charge in [-0.2, -0.15) is 0 Å². The number of H-pyrrole nitrogens is 1. The van der Waals surface area contributed by atoms with Crippen molar-refractivity contribution in [3.05, 3.63) is 33.7 Å². The number of carbonyl (C=O) groups excluding carboxylic acids is 2. The van der Waals surface area contributed by atoms with Gasteiger partial charge in [0.25, 0.3) is 11.5 Å². The number of aryl methyl sites for hydroxylation is 1. The lowest BCUT2D eigenvalue weighted by atomic mass is 10.1. The van der Waals surface area contributed by atoms with Gasteiger partial charge in [-0.1, -0.05) is 13.8 Å². The fourth-order valence-electron chi connectivity index (χ4n) is 2.36. The van der Waals surface area contributed by atoms with Crippen LogP contribution in [-0.2, 0) is 4.79 Å². The van der Waals surface area contributed by atoms with Crippen molar-refractivity contribution in [2.24, 2.45) is 5.92 Å². The number of carbonyl (C=O) groups is 2. The van der Waals surface area contributed by atoms with Crippen molar-refractivity contribution in [1.82, 2.24) is 15.2 Å². The Hall–Kier alpha value is -1.76. The molecule has 0 spiro atoms. The second-order valence-corrected chi connectivity index (χ2v) is 7.15. The molecule has 1 atom stereocenters. The summed E-state index contributed by atoms with van der Waals surface area (Å²) in [5.41, 5.74) is 0.370. The first-order chi connectivity index (χ1) is 10.9. The summed E-state index contributed by atoms with van der Waals surface area (Å²) in [6.07, 6.45) is 0.900. The molecule has 1 aliphatic heterocycles. The molecule has 23 heavy (non-hydrogen) atoms. The van der Waals surface area contributed by atoms with Gasteiger partial charge in [0.15, 0.2) is 0 Å². The van der Waals surface area contributed by atoms with Crippen molar-refractivity contribution in [3.63, 3.8) is 0 Å². The van der Waals surface area contributed by atoms with E-state index < -0.39 is 11.6 Å². The molecule has 6 nitrogen and oxygen atoms in total. The number of nitrogens with one attached hydrogen (secondary N) is 2. The molecular formula is C16H23N3O3S. The van der Waals surface area contributed by atoms with E-state index in [9.17, 15) is 14.4 Å². The molecular weight excluding hydrogens is 314 g/mol. The Morgan fingerprint density at radius 2 is 2.17 bits per heavy atom. The third-order valence-electron chi connectivity index (χ3n) is 3.75. The molecule has 0 unspecified atom stereocenters. The normalized spacial score (nSPS) is 17.6. The van der Waals surface area contributed by atoms with Crippen LogP contribution < -0.4 is 10.9 Å². The molecule has 1 aliphatic rings. The van der Waals surface area contributed by atoms with Crippen molar-refractivity contribution >= 4 is 23.6 Å². The Morgan fingerprint density at radius 3 is 2.83 bits per heavy atom. The van der Waals surface area contributed by atoms with Gasteiger partial charge in [0.1, 0.15) is 11.6 Å². The molecule has 1 aromatic rings. The standard InChI is InChI=1S/C16H23N3O3S/c1-10(2)6-7-17-15(21)13-8-23-9-19(13)16(22)12-5-4-11(3)18-14(12)20/h4-5,10,13H,6-9H2,1-3H3,(H,17,21)(H,18,20)/t13-/m0/s1. The summed E-state index contributed by atoms with van der Waals surface area (Å²) in [6.45, 7) is 6.55. The largest absolute Gasteiger partial charge is 0.354 e. The van der Waals surface area contributed by atoms with Crippen LogP contribution in [0.15, 0.2) is 16.9 Å². The predicted molar refractivity (Wildman–Crippen MR) is 91.5 cm³/mol. The van der Waals surface area contributed by atoms with Crippen molar-refractivity contribution in [2.45, 2.75) is 33.2 Å². The van der Waals surface area contributed by atoms with Gasteiger partial charge in [0, 0.05) is 18.0 Å². The van der Waals surface area contributed by atoms with E-state index in [1.54, 1.807) is 13.0 Å². The molecule has 126 valence electrons. The number of rotatable bonds is 5. The molecule has 0 aliphatic carbocycles. The van der Waals surface area contributed by atoms with Crippen LogP contribution >= 0.6 is 11.8 Å². The monoisotopic (exact) mass is 337 g/mol. The minimum atomic E-state index is -0.514. The zero-order chi connectivity index (χ0) is 17.0. The summed E-state index contributed by atoms with van der Waals surface area (Å²) in [4.78, 5) is 41.0. The Bertz CT molecular complexity index is 642. The maximum Gasteiger partial charge on any atom is 0.260 e. The second kappa shape index (κ2) is 7.68. The lowest BCUT2D eigenvalue weighted by Gasteiger charge is -2.23. The average molecular weight is 337 g/mol. The van der Waals surface area contributed by atoms with Crippen molar-refractivity contribution in [1.29, 1.82) is 0 Å². The minimum absolute atomic E-state index is 0.0816. The van der Waals surface area contributed by atoms with E-state index in [1.165, 1.54) is 22.7 Å². The van der Waals surface area contributed by atoms with Gasteiger partial charge >= 0.3 is 0 Å². The van der Waals surface area contributed by atoms with Crippen molar-refractivity contribution in [3.8, 4) is 0 Å². The number of hydrogen-bond donors (Lipinski definition) is 2. The first-order valence-corrected chi connectivity index (χ1v) is 8.92. The van der Waals surface area contributed by atoms with Gasteiger partial charge in [-0.3, -0.25) is 14.4 Å². The number of thioether (sulfide) groups is 1. The summed E-state index contributed by atoms with van der Waals surface area (Å²) in [7, 11) is 0. The lowest BCUT2D eigenvalue weighted by molar-refractivity contribution is -0.124. The van der Waals surface area contributed by atoms with Gasteiger partial charge in [-0.15, -0.1) is 11.8 Å². The number of aromatic nitrogens is 1. The topological polar surface area (TPSA) is 82.3 Å². The zero-order valence-corrected chi connectivity index (χ0v) is 14.5. The maximum absolute atomic E-state index is 12.6. The van der Waals surface area contributed by atoms with Crippen molar-refractivity contribution in [2.75, 3.05) is 18.2 Å². The molecule has 1 aromatic heterocycles. The van der Waals surface area contributed by atoms with E-state index in [2.05, 4.69) is 24.1 Å². The van der Waals surface area contributed by atoms with E-state index in [-0.39, 0.29) is 17.4 Å². The highest BCUT2D eigenvalue weighted by Crippen LogP contribution is 2.22. The van der Waals surface area contributed by atoms with Gasteiger partial charge in [0.05, 0.1) is 5.88 Å². The smallest absolute Gasteiger partial charge is 0.260 e. The average Bonchev–Trinajstić information content (AvgIpc) is 2.95. The molecule has 0 saturated carbocycles. The number of pyridine rings is 1. The molecule has 0 bridgehead atoms. The van der Waals surface area contributed by atoms with E-state index in [1.807, 2.05) is 0 Å². The lowest BCUT2D eigenvalue weighted by Crippen LogP contribution is -2.48. The van der Waals surface area contributed by atoms with Crippen LogP contribution in [-0.4, -0.2) is 45.9 Å². The first-order valence-electron chi connectivity index (χ1n) is 7.76. The third kappa shape index (κ3) is 4.37. The molecule has 1 fully saturated rings. The van der Waals surface area contributed by atoms with E-state index in [4.69, 9.17) is 0 Å². The van der Waals surface area contributed by atoms with E-state index in [0.717, 1.165) is 6.42 Å². The minimum Gasteiger partial charge on any atom is -0.354 e. The van der Waals surface area contributed by atoms with Crippen LogP contribution in [0.1, 0.15) is 36.3 Å². The van der Waals surface area contributed by atoms with Gasteiger partial charge in [-0.05, 0) is 31.4 Å². The molecule has 2 heterocycles. The second-order valence-electron chi connectivity index (χ2n) is 6.15. The van der Waals surface area contributed by atoms with Gasteiger partial charge in [0.2, 0.25) is 5.91 Å². The zero-order valence-electron chi connectivity index (χ0n) is 13.7. The molecule has 0 radical (unpaired) electrons. The fraction of sp³-hybridized carbons (Fsp3) is 0.562. The summed E-state index contributed by atoms with van der Waals surface area (Å²) >= 11 is 1.52. The summed E-state index contributed by atoms with van der Waals surface area (Å²) in [6, 6.07) is 2.70. The first kappa shape index (κ1) is 17.6. The summed E-state index contributed by atoms with van der Waals surface area (Å²) < 4.78 is 0. The van der Waals surface area contributed by atoms with Crippen LogP contribution in [0, 0.1) is 12.8 Å². The van der Waals surface area contributed by atoms with Gasteiger partial charge in [-0.25, -0.2) is 0 Å². The quantitative estimate of drug-likeness (QED) is 0.850. The molecule has 7 heteroatoms. The van der Waals surface area contributed by atoms with Crippen LogP contribution in [0.4, 0.5) is 0 Å². The van der Waals surface area contributed by atoms with Crippen LogP contribution in [0.5, 0.6) is 0 Å². The third-order valence-corrected chi connectivity index (χ3v) is 4.76. The summed E-state index contributed by atoms with van der Waals surface area (Å²) in [5, 5.41) is 2.88. The molecule has 2 N–H and O–H groups in total. The predicted octanol–water partition coefficient (Wildman–Crippen LogP) is 1.36. The number of amides is 2. The number of nitrogens with zero attached hydrogens (tertiary/aromatic N) is 1. The van der Waals surface area contributed by atoms with Crippen LogP contribution in [0.25, 0.3) is 0 Å². The SMILES string of the molecule is Cc1ccc(C(=O)N2CSC[C@H]2C(=O)NCCC(C)C)c(=O)[nH]1. The van der Waals surface area contributed by atoms with Crippen LogP contribution in [0.3, 0.4) is 0 Å². The maximum atomic E-state index is 12.6. The Labute approximate surface area is 140 Å². The Kier molecular flexibility index (Phi) is 5.87. The van der Waals surface area contributed by atoms with Crippen molar-refractivity contribution < 1.29 is 9.59 Å². The fourth-order valence-corrected chi connectivity index (χ4v) is 3.51. The van der Waals surface area contributed by atoms with E-state index >= 15 is 0 Å².